The number of nitrogens with one attached hydrogen (secondary N) is 1. The number of carbonyl (C=O) groups is 2. The van der Waals surface area contributed by atoms with E-state index in [0.717, 1.165) is 16.3 Å². The van der Waals surface area contributed by atoms with Gasteiger partial charge >= 0.3 is 19.6 Å². The minimum Gasteiger partial charge on any atom is -0.450 e. The number of phosphoric ester groups is 1. The highest BCUT2D eigenvalue weighted by molar-refractivity contribution is 8.13. The fourth-order valence-corrected chi connectivity index (χ4v) is 5.98. The molecule has 1 amide bonds. The van der Waals surface area contributed by atoms with E-state index >= 15 is 0 Å². The van der Waals surface area contributed by atoms with Crippen molar-refractivity contribution in [2.45, 2.75) is 51.7 Å². The van der Waals surface area contributed by atoms with E-state index in [1.54, 1.807) is 20.8 Å². The van der Waals surface area contributed by atoms with Gasteiger partial charge in [-0.3, -0.25) is 22.9 Å². The van der Waals surface area contributed by atoms with E-state index < -0.39 is 49.1 Å². The summed E-state index contributed by atoms with van der Waals surface area (Å²) in [7, 11) is -4.10. The molecular formula is C20H31N4O10PS. The number of rotatable bonds is 9. The van der Waals surface area contributed by atoms with Crippen LogP contribution in [0.3, 0.4) is 0 Å². The van der Waals surface area contributed by atoms with Crippen LogP contribution in [0.5, 0.6) is 0 Å². The summed E-state index contributed by atoms with van der Waals surface area (Å²) in [6.07, 6.45) is -2.43. The Morgan fingerprint density at radius 1 is 1.47 bits per heavy atom. The quantitative estimate of drug-likeness (QED) is 0.292. The normalized spacial score (nSPS) is 30.0. The molecule has 2 aliphatic heterocycles. The number of nitrogens with two attached hydrogens (primary N) is 1. The lowest BCUT2D eigenvalue weighted by Gasteiger charge is -2.35. The van der Waals surface area contributed by atoms with E-state index in [1.165, 1.54) is 19.2 Å². The third kappa shape index (κ3) is 6.46. The molecule has 14 nitrogen and oxygen atoms in total. The maximum atomic E-state index is 13.0. The largest absolute Gasteiger partial charge is 0.475 e. The number of hydrogen-bond acceptors (Lipinski definition) is 13. The van der Waals surface area contributed by atoms with Gasteiger partial charge in [-0.2, -0.15) is 4.98 Å². The predicted octanol–water partition coefficient (Wildman–Crippen LogP) is 1.05. The van der Waals surface area contributed by atoms with Crippen LogP contribution in [-0.2, 0) is 32.4 Å². The lowest BCUT2D eigenvalue weighted by Crippen LogP contribution is -2.49. The zero-order valence-electron chi connectivity index (χ0n) is 20.4. The first kappa shape index (κ1) is 28.6. The molecule has 0 bridgehead atoms. The van der Waals surface area contributed by atoms with Gasteiger partial charge in [0, 0.05) is 18.5 Å². The number of hydrogen-bond donors (Lipinski definition) is 3. The second kappa shape index (κ2) is 11.2. The minimum absolute atomic E-state index is 0.0128. The number of nitrogen functional groups attached to an aromatic ring is 1. The van der Waals surface area contributed by atoms with E-state index in [0.29, 0.717) is 0 Å². The number of fused-ring (bicyclic) bond motifs is 1. The number of ether oxygens (including phenoxy) is 2. The van der Waals surface area contributed by atoms with Crippen LogP contribution in [-0.4, -0.2) is 75.8 Å². The van der Waals surface area contributed by atoms with Crippen LogP contribution in [0, 0.1) is 5.41 Å². The predicted molar refractivity (Wildman–Crippen MR) is 128 cm³/mol. The van der Waals surface area contributed by atoms with Crippen molar-refractivity contribution in [3.8, 4) is 0 Å². The van der Waals surface area contributed by atoms with Gasteiger partial charge in [0.25, 0.3) is 0 Å². The second-order valence-corrected chi connectivity index (χ2v) is 11.7. The van der Waals surface area contributed by atoms with Gasteiger partial charge in [-0.15, -0.1) is 0 Å². The summed E-state index contributed by atoms with van der Waals surface area (Å²) in [5, 5.41) is 13.4. The first-order chi connectivity index (χ1) is 16.8. The van der Waals surface area contributed by atoms with Crippen molar-refractivity contribution in [3.63, 3.8) is 0 Å². The van der Waals surface area contributed by atoms with Crippen molar-refractivity contribution < 1.29 is 42.3 Å². The van der Waals surface area contributed by atoms with E-state index in [-0.39, 0.29) is 43.1 Å². The molecule has 0 aromatic carbocycles. The summed E-state index contributed by atoms with van der Waals surface area (Å²) in [5.74, 6) is 0.146. The van der Waals surface area contributed by atoms with Crippen LogP contribution in [0.25, 0.3) is 0 Å². The molecule has 16 heteroatoms. The summed E-state index contributed by atoms with van der Waals surface area (Å²) in [6, 6.07) is 1.38. The molecule has 3 rings (SSSR count). The first-order valence-electron chi connectivity index (χ1n) is 11.2. The molecule has 1 unspecified atom stereocenters. The molecule has 2 aliphatic rings. The van der Waals surface area contributed by atoms with Crippen molar-refractivity contribution in [1.82, 2.24) is 14.9 Å². The van der Waals surface area contributed by atoms with Crippen LogP contribution in [0.1, 0.15) is 33.9 Å². The number of phosphoric acid groups is 1. The molecule has 3 heterocycles. The molecule has 0 aliphatic carbocycles. The molecule has 0 radical (unpaired) electrons. The Morgan fingerprint density at radius 2 is 2.19 bits per heavy atom. The Balaban J connectivity index is 1.53. The van der Waals surface area contributed by atoms with Gasteiger partial charge in [-0.1, -0.05) is 25.6 Å². The highest BCUT2D eigenvalue weighted by Crippen LogP contribution is 2.58. The average molecular weight is 551 g/mol. The molecule has 0 spiro atoms. The molecule has 36 heavy (non-hydrogen) atoms. The van der Waals surface area contributed by atoms with E-state index in [2.05, 4.69) is 10.3 Å². The van der Waals surface area contributed by atoms with Crippen molar-refractivity contribution >= 4 is 36.6 Å². The number of thioether (sulfide) groups is 1. The zero-order valence-corrected chi connectivity index (χ0v) is 22.1. The van der Waals surface area contributed by atoms with Crippen LogP contribution in [0.4, 0.5) is 10.6 Å². The number of amides is 1. The molecule has 2 saturated heterocycles. The Labute approximate surface area is 211 Å². The summed E-state index contributed by atoms with van der Waals surface area (Å²) in [4.78, 5) is 39.8. The van der Waals surface area contributed by atoms with Gasteiger partial charge < -0.3 is 25.6 Å². The molecular weight excluding hydrogens is 519 g/mol. The van der Waals surface area contributed by atoms with Crippen molar-refractivity contribution in [1.29, 1.82) is 0 Å². The van der Waals surface area contributed by atoms with Crippen LogP contribution in [0.15, 0.2) is 17.1 Å². The minimum atomic E-state index is -4.10. The monoisotopic (exact) mass is 550 g/mol. The van der Waals surface area contributed by atoms with Gasteiger partial charge in [-0.05, 0) is 19.9 Å². The van der Waals surface area contributed by atoms with Crippen molar-refractivity contribution in [3.05, 3.63) is 22.7 Å². The van der Waals surface area contributed by atoms with Gasteiger partial charge in [0.2, 0.25) is 0 Å². The molecule has 5 atom stereocenters. The maximum Gasteiger partial charge on any atom is 0.475 e. The molecule has 4 N–H and O–H groups in total. The smallest absolute Gasteiger partial charge is 0.450 e. The number of carbonyl (C=O) groups excluding carboxylic acids is 2. The number of alkyl carbamates (subject to hydrolysis) is 1. The number of nitrogens with zero attached hydrogens (tertiary/aromatic N) is 2. The lowest BCUT2D eigenvalue weighted by molar-refractivity contribution is -0.117. The third-order valence-electron chi connectivity index (χ3n) is 5.53. The highest BCUT2D eigenvalue weighted by atomic mass is 32.2. The second-order valence-electron chi connectivity index (χ2n) is 8.99. The van der Waals surface area contributed by atoms with Crippen LogP contribution in [0.2, 0.25) is 0 Å². The summed E-state index contributed by atoms with van der Waals surface area (Å²) in [6.45, 7) is 6.32. The maximum absolute atomic E-state index is 13.0. The lowest BCUT2D eigenvalue weighted by atomic mass is 9.96. The van der Waals surface area contributed by atoms with Crippen LogP contribution >= 0.6 is 19.6 Å². The van der Waals surface area contributed by atoms with Gasteiger partial charge in [0.15, 0.2) is 11.3 Å². The third-order valence-corrected chi connectivity index (χ3v) is 8.16. The van der Waals surface area contributed by atoms with Crippen molar-refractivity contribution in [2.75, 3.05) is 37.9 Å². The topological polar surface area (TPSA) is 191 Å². The van der Waals surface area contributed by atoms with Gasteiger partial charge in [-0.25, -0.2) is 14.2 Å². The molecule has 202 valence electrons. The summed E-state index contributed by atoms with van der Waals surface area (Å²) < 4.78 is 40.7. The first-order valence-corrected chi connectivity index (χ1v) is 13.6. The fourth-order valence-electron chi connectivity index (χ4n) is 3.57. The molecule has 2 fully saturated rings. The summed E-state index contributed by atoms with van der Waals surface area (Å²) in [5.41, 5.74) is 2.12. The summed E-state index contributed by atoms with van der Waals surface area (Å²) >= 11 is 0.938. The Morgan fingerprint density at radius 3 is 2.86 bits per heavy atom. The fraction of sp³-hybridized carbons (Fsp3) is 0.700. The van der Waals surface area contributed by atoms with Crippen LogP contribution < -0.4 is 16.7 Å². The van der Waals surface area contributed by atoms with E-state index in [4.69, 9.17) is 28.8 Å². The Kier molecular flexibility index (Phi) is 8.87. The van der Waals surface area contributed by atoms with E-state index in [9.17, 15) is 24.1 Å². The molecule has 1 aromatic heterocycles. The van der Waals surface area contributed by atoms with Gasteiger partial charge in [0.1, 0.15) is 23.6 Å². The standard InChI is InChI=1S/C20H31N4O10PS/c1-5-30-18(27)22-11-19(2,3)16(25)36-9-8-31-35(29)32-10-12-14(34-35)20(4,28)15(33-12)24-7-6-13(21)23-17(24)26/h6-7,12,14-15,28H,5,8-11H2,1-4H3,(H,22,27)(H2,21,23,26)/t12-,14-,15-,20-,35?/m1/s1. The number of anilines is 1. The Bertz CT molecular complexity index is 1080. The van der Waals surface area contributed by atoms with Crippen molar-refractivity contribution in [2.24, 2.45) is 5.41 Å². The molecule has 0 saturated carbocycles. The van der Waals surface area contributed by atoms with Gasteiger partial charge in [0.05, 0.1) is 25.2 Å². The zero-order chi connectivity index (χ0) is 26.7. The SMILES string of the molecule is CCOC(=O)NCC(C)(C)C(=O)SCCOP1(=O)OC[C@H]2O[C@@H](n3ccc(N)nc3=O)[C@](C)(O)[C@@H]2O1. The molecule has 1 aromatic rings. The Hall–Kier alpha value is -2.00. The number of aromatic nitrogens is 2. The average Bonchev–Trinajstić information content (AvgIpc) is 3.05. The van der Waals surface area contributed by atoms with E-state index in [1.807, 2.05) is 0 Å². The number of aliphatic hydroxyl groups is 1. The highest BCUT2D eigenvalue weighted by Gasteiger charge is 2.60.